The molecular formula is C16H14N4. The first-order valence-corrected chi connectivity index (χ1v) is 6.70. The molecule has 1 aromatic heterocycles. The predicted octanol–water partition coefficient (Wildman–Crippen LogP) is 2.91. The maximum atomic E-state index is 6.07. The molecule has 2 aromatic carbocycles. The van der Waals surface area contributed by atoms with Crippen LogP contribution in [-0.2, 0) is 6.42 Å². The summed E-state index contributed by atoms with van der Waals surface area (Å²) in [6, 6.07) is 16.2. The Bertz CT molecular complexity index is 797. The highest BCUT2D eigenvalue weighted by Gasteiger charge is 2.22. The summed E-state index contributed by atoms with van der Waals surface area (Å²) in [7, 11) is 0. The molecule has 1 aliphatic rings. The van der Waals surface area contributed by atoms with Gasteiger partial charge in [-0.1, -0.05) is 30.3 Å². The molecule has 2 N–H and O–H groups in total. The van der Waals surface area contributed by atoms with Gasteiger partial charge in [0.1, 0.15) is 5.82 Å². The Hall–Kier alpha value is -2.62. The molecule has 0 bridgehead atoms. The van der Waals surface area contributed by atoms with Crippen molar-refractivity contribution in [3.8, 4) is 0 Å². The highest BCUT2D eigenvalue weighted by atomic mass is 15.3. The number of nitrogen functional groups attached to an aromatic ring is 1. The second kappa shape index (κ2) is 4.20. The molecule has 3 aromatic rings. The van der Waals surface area contributed by atoms with Crippen LogP contribution in [0.1, 0.15) is 5.56 Å². The van der Waals surface area contributed by atoms with Gasteiger partial charge in [-0.2, -0.15) is 4.98 Å². The van der Waals surface area contributed by atoms with E-state index in [1.54, 1.807) is 0 Å². The largest absolute Gasteiger partial charge is 0.383 e. The first kappa shape index (κ1) is 11.2. The highest BCUT2D eigenvalue weighted by molar-refractivity contribution is 5.89. The summed E-state index contributed by atoms with van der Waals surface area (Å²) in [4.78, 5) is 11.3. The lowest BCUT2D eigenvalue weighted by molar-refractivity contribution is 0.950. The SMILES string of the molecule is Nc1nc(N2CCc3ccccc32)nc2ccccc12. The minimum absolute atomic E-state index is 0.537. The number of nitrogens with zero attached hydrogens (tertiary/aromatic N) is 3. The van der Waals surface area contributed by atoms with Crippen molar-refractivity contribution in [3.05, 3.63) is 54.1 Å². The summed E-state index contributed by atoms with van der Waals surface area (Å²) in [5.41, 5.74) is 9.47. The Balaban J connectivity index is 1.88. The fourth-order valence-electron chi connectivity index (χ4n) is 2.76. The average molecular weight is 262 g/mol. The van der Waals surface area contributed by atoms with Crippen LogP contribution in [-0.4, -0.2) is 16.5 Å². The molecular weight excluding hydrogens is 248 g/mol. The number of fused-ring (bicyclic) bond motifs is 2. The molecule has 0 saturated heterocycles. The summed E-state index contributed by atoms with van der Waals surface area (Å²) in [6.45, 7) is 0.900. The molecule has 4 nitrogen and oxygen atoms in total. The van der Waals surface area contributed by atoms with E-state index in [9.17, 15) is 0 Å². The van der Waals surface area contributed by atoms with Gasteiger partial charge in [0.25, 0.3) is 0 Å². The lowest BCUT2D eigenvalue weighted by Gasteiger charge is -2.18. The number of benzene rings is 2. The minimum Gasteiger partial charge on any atom is -0.383 e. The Morgan fingerprint density at radius 2 is 1.75 bits per heavy atom. The van der Waals surface area contributed by atoms with E-state index in [0.29, 0.717) is 11.8 Å². The second-order valence-corrected chi connectivity index (χ2v) is 4.96. The molecule has 4 heteroatoms. The van der Waals surface area contributed by atoms with Crippen LogP contribution in [0.3, 0.4) is 0 Å². The molecule has 98 valence electrons. The van der Waals surface area contributed by atoms with Gasteiger partial charge in [-0.15, -0.1) is 0 Å². The van der Waals surface area contributed by atoms with Crippen LogP contribution >= 0.6 is 0 Å². The number of hydrogen-bond acceptors (Lipinski definition) is 4. The quantitative estimate of drug-likeness (QED) is 0.732. The molecule has 0 radical (unpaired) electrons. The van der Waals surface area contributed by atoms with Gasteiger partial charge < -0.3 is 10.6 Å². The average Bonchev–Trinajstić information content (AvgIpc) is 2.91. The molecule has 20 heavy (non-hydrogen) atoms. The molecule has 0 unspecified atom stereocenters. The molecule has 0 amide bonds. The van der Waals surface area contributed by atoms with E-state index >= 15 is 0 Å². The summed E-state index contributed by atoms with van der Waals surface area (Å²) < 4.78 is 0. The van der Waals surface area contributed by atoms with Crippen molar-refractivity contribution in [1.29, 1.82) is 0 Å². The number of anilines is 3. The Kier molecular flexibility index (Phi) is 2.36. The molecule has 0 fully saturated rings. The maximum absolute atomic E-state index is 6.07. The zero-order chi connectivity index (χ0) is 13.5. The highest BCUT2D eigenvalue weighted by Crippen LogP contribution is 2.33. The van der Waals surface area contributed by atoms with Crippen LogP contribution in [0.15, 0.2) is 48.5 Å². The number of para-hydroxylation sites is 2. The standard InChI is InChI=1S/C16H14N4/c17-15-12-6-2-3-7-13(12)18-16(19-15)20-10-9-11-5-1-4-8-14(11)20/h1-8H,9-10H2,(H2,17,18,19). The van der Waals surface area contributed by atoms with E-state index in [1.165, 1.54) is 11.3 Å². The van der Waals surface area contributed by atoms with Gasteiger partial charge in [-0.25, -0.2) is 4.98 Å². The van der Waals surface area contributed by atoms with Crippen molar-refractivity contribution in [1.82, 2.24) is 9.97 Å². The van der Waals surface area contributed by atoms with E-state index < -0.39 is 0 Å². The fraction of sp³-hybridized carbons (Fsp3) is 0.125. The van der Waals surface area contributed by atoms with Crippen molar-refractivity contribution in [2.45, 2.75) is 6.42 Å². The van der Waals surface area contributed by atoms with Gasteiger partial charge in [-0.05, 0) is 30.2 Å². The molecule has 0 spiro atoms. The zero-order valence-electron chi connectivity index (χ0n) is 11.0. The number of nitrogens with two attached hydrogens (primary N) is 1. The van der Waals surface area contributed by atoms with E-state index in [4.69, 9.17) is 5.73 Å². The third kappa shape index (κ3) is 1.61. The normalized spacial score (nSPS) is 13.7. The fourth-order valence-corrected chi connectivity index (χ4v) is 2.76. The van der Waals surface area contributed by atoms with Crippen molar-refractivity contribution < 1.29 is 0 Å². The molecule has 2 heterocycles. The van der Waals surface area contributed by atoms with Crippen LogP contribution in [0.2, 0.25) is 0 Å². The van der Waals surface area contributed by atoms with Crippen molar-refractivity contribution in [3.63, 3.8) is 0 Å². The predicted molar refractivity (Wildman–Crippen MR) is 81.1 cm³/mol. The van der Waals surface area contributed by atoms with Crippen LogP contribution < -0.4 is 10.6 Å². The van der Waals surface area contributed by atoms with Gasteiger partial charge in [0.05, 0.1) is 5.52 Å². The van der Waals surface area contributed by atoms with Gasteiger partial charge >= 0.3 is 0 Å². The van der Waals surface area contributed by atoms with Gasteiger partial charge in [0.2, 0.25) is 5.95 Å². The summed E-state index contributed by atoms with van der Waals surface area (Å²) >= 11 is 0. The number of aromatic nitrogens is 2. The monoisotopic (exact) mass is 262 g/mol. The van der Waals surface area contributed by atoms with Crippen LogP contribution in [0.25, 0.3) is 10.9 Å². The first-order valence-electron chi connectivity index (χ1n) is 6.70. The van der Waals surface area contributed by atoms with Crippen LogP contribution in [0.4, 0.5) is 17.5 Å². The number of hydrogen-bond donors (Lipinski definition) is 1. The Morgan fingerprint density at radius 1 is 0.950 bits per heavy atom. The first-order chi connectivity index (χ1) is 9.83. The summed E-state index contributed by atoms with van der Waals surface area (Å²) in [6.07, 6.45) is 1.02. The van der Waals surface area contributed by atoms with Crippen molar-refractivity contribution >= 4 is 28.4 Å². The van der Waals surface area contributed by atoms with Crippen molar-refractivity contribution in [2.75, 3.05) is 17.2 Å². The smallest absolute Gasteiger partial charge is 0.232 e. The Morgan fingerprint density at radius 3 is 2.70 bits per heavy atom. The molecule has 0 aliphatic carbocycles. The van der Waals surface area contributed by atoms with E-state index in [1.807, 2.05) is 30.3 Å². The zero-order valence-corrected chi connectivity index (χ0v) is 11.0. The van der Waals surface area contributed by atoms with E-state index in [-0.39, 0.29) is 0 Å². The summed E-state index contributed by atoms with van der Waals surface area (Å²) in [5, 5.41) is 0.906. The third-order valence-corrected chi connectivity index (χ3v) is 3.75. The molecule has 0 saturated carbocycles. The van der Waals surface area contributed by atoms with Crippen molar-refractivity contribution in [2.24, 2.45) is 0 Å². The van der Waals surface area contributed by atoms with Gasteiger partial charge in [0.15, 0.2) is 0 Å². The maximum Gasteiger partial charge on any atom is 0.232 e. The van der Waals surface area contributed by atoms with E-state index in [0.717, 1.165) is 23.9 Å². The minimum atomic E-state index is 0.537. The lowest BCUT2D eigenvalue weighted by atomic mass is 10.2. The number of rotatable bonds is 1. The molecule has 1 aliphatic heterocycles. The van der Waals surface area contributed by atoms with Crippen LogP contribution in [0.5, 0.6) is 0 Å². The second-order valence-electron chi connectivity index (χ2n) is 4.96. The molecule has 4 rings (SSSR count). The third-order valence-electron chi connectivity index (χ3n) is 3.75. The molecule has 0 atom stereocenters. The van der Waals surface area contributed by atoms with Crippen LogP contribution in [0, 0.1) is 0 Å². The van der Waals surface area contributed by atoms with Gasteiger partial charge in [0, 0.05) is 17.6 Å². The topological polar surface area (TPSA) is 55.0 Å². The summed E-state index contributed by atoms with van der Waals surface area (Å²) in [5.74, 6) is 1.22. The lowest BCUT2D eigenvalue weighted by Crippen LogP contribution is -2.17. The van der Waals surface area contributed by atoms with E-state index in [2.05, 4.69) is 33.1 Å². The Labute approximate surface area is 116 Å². The van der Waals surface area contributed by atoms with Gasteiger partial charge in [-0.3, -0.25) is 0 Å².